The van der Waals surface area contributed by atoms with Gasteiger partial charge in [0.05, 0.1) is 12.7 Å². The third-order valence-electron chi connectivity index (χ3n) is 3.95. The van der Waals surface area contributed by atoms with Gasteiger partial charge in [-0.05, 0) is 50.3 Å². The number of rotatable bonds is 7. The molecule has 0 atom stereocenters. The summed E-state index contributed by atoms with van der Waals surface area (Å²) in [5.74, 6) is 1.55. The van der Waals surface area contributed by atoms with Crippen LogP contribution < -0.4 is 10.5 Å². The second-order valence-corrected chi connectivity index (χ2v) is 5.99. The molecule has 1 saturated carbocycles. The van der Waals surface area contributed by atoms with Crippen molar-refractivity contribution in [3.63, 3.8) is 0 Å². The summed E-state index contributed by atoms with van der Waals surface area (Å²) < 4.78 is 5.26. The normalized spacial score (nSPS) is 15.8. The minimum atomic E-state index is 0.0759. The second kappa shape index (κ2) is 6.80. The van der Waals surface area contributed by atoms with Crippen molar-refractivity contribution in [2.75, 3.05) is 13.7 Å². The number of methoxy groups -OCH3 is 1. The molecule has 5 nitrogen and oxygen atoms in total. The van der Waals surface area contributed by atoms with Gasteiger partial charge in [0, 0.05) is 19.1 Å². The Morgan fingerprint density at radius 3 is 2.71 bits per heavy atom. The Bertz CT molecular complexity index is 510. The molecule has 1 aliphatic carbocycles. The van der Waals surface area contributed by atoms with E-state index in [2.05, 4.69) is 23.9 Å². The molecule has 0 heterocycles. The zero-order chi connectivity index (χ0) is 15.4. The molecule has 2 rings (SSSR count). The van der Waals surface area contributed by atoms with E-state index in [0.717, 1.165) is 24.6 Å². The molecule has 21 heavy (non-hydrogen) atoms. The van der Waals surface area contributed by atoms with Crippen LogP contribution in [0.15, 0.2) is 23.4 Å². The molecule has 0 spiro atoms. The number of hydrogen-bond donors (Lipinski definition) is 2. The van der Waals surface area contributed by atoms with E-state index in [1.807, 2.05) is 18.2 Å². The highest BCUT2D eigenvalue weighted by atomic mass is 16.5. The van der Waals surface area contributed by atoms with Gasteiger partial charge in [-0.15, -0.1) is 0 Å². The lowest BCUT2D eigenvalue weighted by Crippen LogP contribution is -2.32. The topological polar surface area (TPSA) is 71.1 Å². The molecule has 0 saturated heterocycles. The first-order chi connectivity index (χ1) is 10.0. The second-order valence-electron chi connectivity index (χ2n) is 5.99. The summed E-state index contributed by atoms with van der Waals surface area (Å²) >= 11 is 0. The van der Waals surface area contributed by atoms with E-state index >= 15 is 0 Å². The van der Waals surface area contributed by atoms with E-state index in [1.54, 1.807) is 7.11 Å². The maximum atomic E-state index is 8.89. The Morgan fingerprint density at radius 2 is 2.19 bits per heavy atom. The van der Waals surface area contributed by atoms with Crippen LogP contribution in [0.2, 0.25) is 0 Å². The lowest BCUT2D eigenvalue weighted by molar-refractivity contribution is 0.203. The largest absolute Gasteiger partial charge is 0.496 e. The van der Waals surface area contributed by atoms with Gasteiger partial charge >= 0.3 is 0 Å². The number of nitrogens with two attached hydrogens (primary N) is 1. The summed E-state index contributed by atoms with van der Waals surface area (Å²) in [5, 5.41) is 12.0. The molecule has 0 radical (unpaired) electrons. The molecule has 0 unspecified atom stereocenters. The molecule has 116 valence electrons. The van der Waals surface area contributed by atoms with Gasteiger partial charge in [0.25, 0.3) is 0 Å². The van der Waals surface area contributed by atoms with Crippen molar-refractivity contribution < 1.29 is 9.94 Å². The van der Waals surface area contributed by atoms with Gasteiger partial charge in [-0.25, -0.2) is 0 Å². The summed E-state index contributed by atoms with van der Waals surface area (Å²) in [6.07, 6.45) is 2.70. The Labute approximate surface area is 126 Å². The summed E-state index contributed by atoms with van der Waals surface area (Å²) in [7, 11) is 1.58. The van der Waals surface area contributed by atoms with Gasteiger partial charge in [0.2, 0.25) is 0 Å². The standard InChI is InChI=1S/C16H25N3O2/c1-11(2)19(9-12-4-5-12)10-13-6-7-15(21-3)14(8-13)16(17)18-20/h6-8,11-12,20H,4-5,9-10H2,1-3H3,(H2,17,18). The first-order valence-corrected chi connectivity index (χ1v) is 7.44. The minimum absolute atomic E-state index is 0.0759. The predicted octanol–water partition coefficient (Wildman–Crippen LogP) is 2.41. The van der Waals surface area contributed by atoms with Crippen molar-refractivity contribution in [3.05, 3.63) is 29.3 Å². The monoisotopic (exact) mass is 291 g/mol. The van der Waals surface area contributed by atoms with Crippen molar-refractivity contribution in [1.82, 2.24) is 4.90 Å². The van der Waals surface area contributed by atoms with Crippen molar-refractivity contribution in [2.45, 2.75) is 39.3 Å². The lowest BCUT2D eigenvalue weighted by atomic mass is 10.1. The summed E-state index contributed by atoms with van der Waals surface area (Å²) in [4.78, 5) is 2.47. The Kier molecular flexibility index (Phi) is 5.07. The van der Waals surface area contributed by atoms with E-state index in [-0.39, 0.29) is 5.84 Å². The van der Waals surface area contributed by atoms with Gasteiger partial charge < -0.3 is 15.7 Å². The molecule has 3 N–H and O–H groups in total. The van der Waals surface area contributed by atoms with Gasteiger partial charge in [0.1, 0.15) is 5.75 Å². The first-order valence-electron chi connectivity index (χ1n) is 7.44. The molecule has 0 bridgehead atoms. The number of benzene rings is 1. The van der Waals surface area contributed by atoms with Gasteiger partial charge in [-0.2, -0.15) is 0 Å². The zero-order valence-corrected chi connectivity index (χ0v) is 13.0. The van der Waals surface area contributed by atoms with Crippen LogP contribution in [-0.2, 0) is 6.54 Å². The lowest BCUT2D eigenvalue weighted by Gasteiger charge is -2.26. The third-order valence-corrected chi connectivity index (χ3v) is 3.95. The van der Waals surface area contributed by atoms with Crippen molar-refractivity contribution in [1.29, 1.82) is 0 Å². The first kappa shape index (κ1) is 15.6. The highest BCUT2D eigenvalue weighted by molar-refractivity contribution is 5.99. The summed E-state index contributed by atoms with van der Waals surface area (Å²) in [6.45, 7) is 6.44. The molecule has 0 amide bonds. The fraction of sp³-hybridized carbons (Fsp3) is 0.562. The Morgan fingerprint density at radius 1 is 1.48 bits per heavy atom. The fourth-order valence-electron chi connectivity index (χ4n) is 2.43. The molecule has 1 aliphatic rings. The van der Waals surface area contributed by atoms with Gasteiger partial charge in [-0.1, -0.05) is 11.2 Å². The molecular weight excluding hydrogens is 266 g/mol. The van der Waals surface area contributed by atoms with Crippen LogP contribution in [0.5, 0.6) is 5.75 Å². The van der Waals surface area contributed by atoms with Crippen LogP contribution in [0.3, 0.4) is 0 Å². The molecule has 1 aromatic carbocycles. The van der Waals surface area contributed by atoms with Crippen LogP contribution in [0.25, 0.3) is 0 Å². The fourth-order valence-corrected chi connectivity index (χ4v) is 2.43. The van der Waals surface area contributed by atoms with Gasteiger partial charge in [-0.3, -0.25) is 4.90 Å². The number of nitrogens with zero attached hydrogens (tertiary/aromatic N) is 2. The maximum absolute atomic E-state index is 8.89. The molecule has 5 heteroatoms. The summed E-state index contributed by atoms with van der Waals surface area (Å²) in [5.41, 5.74) is 7.50. The smallest absolute Gasteiger partial charge is 0.173 e. The highest BCUT2D eigenvalue weighted by Gasteiger charge is 2.25. The van der Waals surface area contributed by atoms with E-state index in [4.69, 9.17) is 15.7 Å². The molecular formula is C16H25N3O2. The van der Waals surface area contributed by atoms with Crippen molar-refractivity contribution in [2.24, 2.45) is 16.8 Å². The number of oxime groups is 1. The third kappa shape index (κ3) is 4.11. The van der Waals surface area contributed by atoms with E-state index in [9.17, 15) is 0 Å². The quantitative estimate of drug-likeness (QED) is 0.350. The van der Waals surface area contributed by atoms with E-state index in [1.165, 1.54) is 12.8 Å². The Hall–Kier alpha value is -1.75. The number of amidine groups is 1. The minimum Gasteiger partial charge on any atom is -0.496 e. The average molecular weight is 291 g/mol. The SMILES string of the molecule is COc1ccc(CN(CC2CC2)C(C)C)cc1C(N)=NO. The van der Waals surface area contributed by atoms with E-state index < -0.39 is 0 Å². The maximum Gasteiger partial charge on any atom is 0.173 e. The van der Waals surface area contributed by atoms with Crippen LogP contribution in [0.4, 0.5) is 0 Å². The number of hydrogen-bond acceptors (Lipinski definition) is 4. The van der Waals surface area contributed by atoms with Crippen LogP contribution in [0.1, 0.15) is 37.8 Å². The van der Waals surface area contributed by atoms with Crippen LogP contribution in [0, 0.1) is 5.92 Å². The summed E-state index contributed by atoms with van der Waals surface area (Å²) in [6, 6.07) is 6.35. The van der Waals surface area contributed by atoms with E-state index in [0.29, 0.717) is 17.4 Å². The Balaban J connectivity index is 2.18. The molecule has 1 fully saturated rings. The number of ether oxygens (including phenoxy) is 1. The zero-order valence-electron chi connectivity index (χ0n) is 13.0. The molecule has 0 aliphatic heterocycles. The highest BCUT2D eigenvalue weighted by Crippen LogP contribution is 2.31. The van der Waals surface area contributed by atoms with Crippen LogP contribution >= 0.6 is 0 Å². The molecule has 0 aromatic heterocycles. The van der Waals surface area contributed by atoms with Crippen molar-refractivity contribution >= 4 is 5.84 Å². The van der Waals surface area contributed by atoms with Crippen LogP contribution in [-0.4, -0.2) is 35.6 Å². The van der Waals surface area contributed by atoms with Crippen molar-refractivity contribution in [3.8, 4) is 5.75 Å². The molecule has 1 aromatic rings. The average Bonchev–Trinajstić information content (AvgIpc) is 3.29. The predicted molar refractivity (Wildman–Crippen MR) is 83.8 cm³/mol. The van der Waals surface area contributed by atoms with Gasteiger partial charge in [0.15, 0.2) is 5.84 Å².